The van der Waals surface area contributed by atoms with Gasteiger partial charge in [0.05, 0.1) is 6.10 Å². The van der Waals surface area contributed by atoms with Crippen LogP contribution in [0.4, 0.5) is 0 Å². The summed E-state index contributed by atoms with van der Waals surface area (Å²) in [6.07, 6.45) is 0.625. The van der Waals surface area contributed by atoms with Crippen molar-refractivity contribution in [1.82, 2.24) is 5.32 Å². The van der Waals surface area contributed by atoms with Gasteiger partial charge >= 0.3 is 0 Å². The molecule has 2 nitrogen and oxygen atoms in total. The molecule has 0 fully saturated rings. The first kappa shape index (κ1) is 15.0. The Hall–Kier alpha value is -1.38. The second kappa shape index (κ2) is 6.87. The highest BCUT2D eigenvalue weighted by atomic mass is 16.3. The Morgan fingerprint density at radius 1 is 1.00 bits per heavy atom. The Balaban J connectivity index is 1.98. The largest absolute Gasteiger partial charge is 0.393 e. The lowest BCUT2D eigenvalue weighted by Crippen LogP contribution is -2.26. The van der Waals surface area contributed by atoms with Crippen molar-refractivity contribution >= 4 is 10.8 Å². The number of hydrogen-bond donors (Lipinski definition) is 2. The highest BCUT2D eigenvalue weighted by molar-refractivity contribution is 5.83. The van der Waals surface area contributed by atoms with Gasteiger partial charge < -0.3 is 10.4 Å². The van der Waals surface area contributed by atoms with Crippen LogP contribution in [0.1, 0.15) is 38.8 Å². The van der Waals surface area contributed by atoms with Gasteiger partial charge in [0, 0.05) is 6.04 Å². The minimum absolute atomic E-state index is 0.220. The van der Waals surface area contributed by atoms with Gasteiger partial charge in [0.2, 0.25) is 0 Å². The molecule has 0 spiro atoms. The SMILES string of the molecule is CC(O)CC(C)CNC(C)c1ccc2ccccc2c1. The second-order valence-electron chi connectivity index (χ2n) is 5.93. The molecule has 0 aliphatic carbocycles. The Bertz CT molecular complexity index is 550. The van der Waals surface area contributed by atoms with E-state index in [0.717, 1.165) is 13.0 Å². The van der Waals surface area contributed by atoms with Gasteiger partial charge in [0.1, 0.15) is 0 Å². The van der Waals surface area contributed by atoms with Crippen LogP contribution in [-0.2, 0) is 0 Å². The van der Waals surface area contributed by atoms with E-state index >= 15 is 0 Å². The molecule has 3 unspecified atom stereocenters. The van der Waals surface area contributed by atoms with E-state index < -0.39 is 0 Å². The zero-order valence-corrected chi connectivity index (χ0v) is 12.6. The van der Waals surface area contributed by atoms with Crippen LogP contribution >= 0.6 is 0 Å². The average Bonchev–Trinajstić information content (AvgIpc) is 2.43. The lowest BCUT2D eigenvalue weighted by Gasteiger charge is -2.19. The van der Waals surface area contributed by atoms with Crippen molar-refractivity contribution in [2.45, 2.75) is 39.3 Å². The first-order valence-corrected chi connectivity index (χ1v) is 7.46. The molecular weight excluding hydrogens is 246 g/mol. The highest BCUT2D eigenvalue weighted by Gasteiger charge is 2.10. The molecule has 2 rings (SSSR count). The van der Waals surface area contributed by atoms with Crippen LogP contribution < -0.4 is 5.32 Å². The summed E-state index contributed by atoms with van der Waals surface area (Å²) in [7, 11) is 0. The number of rotatable bonds is 6. The molecule has 0 bridgehead atoms. The smallest absolute Gasteiger partial charge is 0.0515 e. The van der Waals surface area contributed by atoms with Crippen LogP contribution in [0.3, 0.4) is 0 Å². The number of nitrogens with one attached hydrogen (secondary N) is 1. The van der Waals surface area contributed by atoms with E-state index in [9.17, 15) is 5.11 Å². The van der Waals surface area contributed by atoms with E-state index in [4.69, 9.17) is 0 Å². The third-order valence-corrected chi connectivity index (χ3v) is 3.79. The summed E-state index contributed by atoms with van der Waals surface area (Å²) < 4.78 is 0. The molecule has 0 aliphatic heterocycles. The lowest BCUT2D eigenvalue weighted by molar-refractivity contribution is 0.162. The molecule has 0 aliphatic rings. The van der Waals surface area contributed by atoms with Gasteiger partial charge in [0.25, 0.3) is 0 Å². The normalized spacial score (nSPS) is 16.0. The molecular formula is C18H25NO. The van der Waals surface area contributed by atoms with Crippen molar-refractivity contribution in [3.63, 3.8) is 0 Å². The molecule has 0 saturated heterocycles. The molecule has 0 radical (unpaired) electrons. The van der Waals surface area contributed by atoms with Gasteiger partial charge in [-0.05, 0) is 55.1 Å². The quantitative estimate of drug-likeness (QED) is 0.835. The molecule has 108 valence electrons. The fourth-order valence-corrected chi connectivity index (χ4v) is 2.64. The van der Waals surface area contributed by atoms with Crippen LogP contribution in [0.2, 0.25) is 0 Å². The van der Waals surface area contributed by atoms with Crippen LogP contribution in [0, 0.1) is 5.92 Å². The van der Waals surface area contributed by atoms with E-state index in [1.807, 2.05) is 6.92 Å². The molecule has 0 amide bonds. The van der Waals surface area contributed by atoms with Gasteiger partial charge in [-0.15, -0.1) is 0 Å². The Morgan fingerprint density at radius 2 is 1.70 bits per heavy atom. The van der Waals surface area contributed by atoms with Crippen LogP contribution in [0.15, 0.2) is 42.5 Å². The first-order valence-electron chi connectivity index (χ1n) is 7.46. The van der Waals surface area contributed by atoms with E-state index in [0.29, 0.717) is 12.0 Å². The van der Waals surface area contributed by atoms with E-state index in [1.54, 1.807) is 0 Å². The predicted octanol–water partition coefficient (Wildman–Crippen LogP) is 3.90. The van der Waals surface area contributed by atoms with Gasteiger partial charge in [-0.25, -0.2) is 0 Å². The van der Waals surface area contributed by atoms with Crippen molar-refractivity contribution in [2.75, 3.05) is 6.54 Å². The van der Waals surface area contributed by atoms with Crippen molar-refractivity contribution in [1.29, 1.82) is 0 Å². The summed E-state index contributed by atoms with van der Waals surface area (Å²) in [5, 5.41) is 15.5. The van der Waals surface area contributed by atoms with Gasteiger partial charge in [-0.3, -0.25) is 0 Å². The second-order valence-corrected chi connectivity index (χ2v) is 5.93. The standard InChI is InChI=1S/C18H25NO/c1-13(10-14(2)20)12-19-15(3)17-9-8-16-6-4-5-7-18(16)11-17/h4-9,11,13-15,19-20H,10,12H2,1-3H3. The molecule has 2 N–H and O–H groups in total. The fourth-order valence-electron chi connectivity index (χ4n) is 2.64. The molecule has 0 saturated carbocycles. The van der Waals surface area contributed by atoms with Crippen molar-refractivity contribution < 1.29 is 5.11 Å². The molecule has 0 heterocycles. The van der Waals surface area contributed by atoms with Crippen molar-refractivity contribution in [3.8, 4) is 0 Å². The molecule has 3 atom stereocenters. The maximum absolute atomic E-state index is 9.40. The van der Waals surface area contributed by atoms with Crippen LogP contribution in [0.5, 0.6) is 0 Å². The van der Waals surface area contributed by atoms with E-state index in [-0.39, 0.29) is 6.10 Å². The van der Waals surface area contributed by atoms with E-state index in [1.165, 1.54) is 16.3 Å². The highest BCUT2D eigenvalue weighted by Crippen LogP contribution is 2.20. The number of hydrogen-bond acceptors (Lipinski definition) is 2. The zero-order valence-electron chi connectivity index (χ0n) is 12.6. The summed E-state index contributed by atoms with van der Waals surface area (Å²) in [4.78, 5) is 0. The van der Waals surface area contributed by atoms with Crippen molar-refractivity contribution in [3.05, 3.63) is 48.0 Å². The van der Waals surface area contributed by atoms with E-state index in [2.05, 4.69) is 61.6 Å². The molecule has 2 heteroatoms. The first-order chi connectivity index (χ1) is 9.56. The number of benzene rings is 2. The Labute approximate surface area is 121 Å². The molecule has 0 aromatic heterocycles. The van der Waals surface area contributed by atoms with Gasteiger partial charge in [-0.1, -0.05) is 43.3 Å². The maximum Gasteiger partial charge on any atom is 0.0515 e. The Kier molecular flexibility index (Phi) is 5.16. The number of fused-ring (bicyclic) bond motifs is 1. The minimum Gasteiger partial charge on any atom is -0.393 e. The summed E-state index contributed by atoms with van der Waals surface area (Å²) >= 11 is 0. The van der Waals surface area contributed by atoms with Gasteiger partial charge in [0.15, 0.2) is 0 Å². The third kappa shape index (κ3) is 4.06. The summed E-state index contributed by atoms with van der Waals surface area (Å²) in [5.41, 5.74) is 1.31. The average molecular weight is 271 g/mol. The summed E-state index contributed by atoms with van der Waals surface area (Å²) in [6, 6.07) is 15.4. The monoisotopic (exact) mass is 271 g/mol. The molecule has 2 aromatic carbocycles. The summed E-state index contributed by atoms with van der Waals surface area (Å²) in [6.45, 7) is 7.15. The number of aliphatic hydroxyl groups is 1. The fraction of sp³-hybridized carbons (Fsp3) is 0.444. The third-order valence-electron chi connectivity index (χ3n) is 3.79. The molecule has 2 aromatic rings. The zero-order chi connectivity index (χ0) is 14.5. The topological polar surface area (TPSA) is 32.3 Å². The summed E-state index contributed by atoms with van der Waals surface area (Å²) in [5.74, 6) is 0.484. The minimum atomic E-state index is -0.220. The predicted molar refractivity (Wildman–Crippen MR) is 85.8 cm³/mol. The number of aliphatic hydroxyl groups excluding tert-OH is 1. The molecule has 20 heavy (non-hydrogen) atoms. The van der Waals surface area contributed by atoms with Crippen molar-refractivity contribution in [2.24, 2.45) is 5.92 Å². The lowest BCUT2D eigenvalue weighted by atomic mass is 10.0. The Morgan fingerprint density at radius 3 is 2.40 bits per heavy atom. The maximum atomic E-state index is 9.40. The van der Waals surface area contributed by atoms with Gasteiger partial charge in [-0.2, -0.15) is 0 Å². The van der Waals surface area contributed by atoms with Crippen LogP contribution in [0.25, 0.3) is 10.8 Å². The van der Waals surface area contributed by atoms with Crippen LogP contribution in [-0.4, -0.2) is 17.8 Å².